The first kappa shape index (κ1) is 17.5. The molecule has 2 aromatic carbocycles. The average molecular weight is 396 g/mol. The fraction of sp³-hybridized carbons (Fsp3) is 0.105. The normalized spacial score (nSPS) is 13.9. The first-order valence-electron chi connectivity index (χ1n) is 7.97. The van der Waals surface area contributed by atoms with Gasteiger partial charge < -0.3 is 4.52 Å². The number of aromatic nitrogens is 1. The van der Waals surface area contributed by atoms with E-state index in [9.17, 15) is 18.5 Å². The van der Waals surface area contributed by atoms with Gasteiger partial charge in [-0.25, -0.2) is 8.42 Å². The minimum Gasteiger partial charge on any atom is -0.355 e. The molecule has 0 saturated heterocycles. The van der Waals surface area contributed by atoms with Gasteiger partial charge in [-0.2, -0.15) is 5.26 Å². The Morgan fingerprint density at radius 1 is 1.15 bits per heavy atom. The van der Waals surface area contributed by atoms with E-state index in [-0.39, 0.29) is 10.6 Å². The van der Waals surface area contributed by atoms with Crippen molar-refractivity contribution in [3.05, 3.63) is 65.9 Å². The maximum Gasteiger partial charge on any atom is 0.217 e. The van der Waals surface area contributed by atoms with Crippen LogP contribution in [0, 0.1) is 11.3 Å². The van der Waals surface area contributed by atoms with Crippen LogP contribution in [0.25, 0.3) is 11.3 Å². The van der Waals surface area contributed by atoms with Gasteiger partial charge in [0.2, 0.25) is 20.9 Å². The van der Waals surface area contributed by atoms with E-state index in [1.807, 2.05) is 24.3 Å². The molecule has 0 aliphatic carbocycles. The second-order valence-electron chi connectivity index (χ2n) is 5.86. The van der Waals surface area contributed by atoms with E-state index in [0.717, 1.165) is 10.5 Å². The van der Waals surface area contributed by atoms with Crippen molar-refractivity contribution in [1.29, 1.82) is 5.26 Å². The molecule has 0 saturated carbocycles. The van der Waals surface area contributed by atoms with Crippen LogP contribution in [-0.2, 0) is 15.6 Å². The van der Waals surface area contributed by atoms with Crippen molar-refractivity contribution in [1.82, 2.24) is 5.16 Å². The molecule has 1 atom stereocenters. The van der Waals surface area contributed by atoms with Crippen LogP contribution < -0.4 is 0 Å². The smallest absolute Gasteiger partial charge is 0.217 e. The third-order valence-electron chi connectivity index (χ3n) is 4.26. The molecule has 134 valence electrons. The molecule has 1 aromatic heterocycles. The molecule has 1 aliphatic rings. The molecule has 6 nitrogen and oxygen atoms in total. The Labute approximate surface area is 159 Å². The van der Waals surface area contributed by atoms with E-state index in [1.54, 1.807) is 12.1 Å². The zero-order valence-corrected chi connectivity index (χ0v) is 15.5. The number of benzene rings is 2. The third kappa shape index (κ3) is 2.85. The van der Waals surface area contributed by atoms with Gasteiger partial charge in [0.1, 0.15) is 0 Å². The van der Waals surface area contributed by atoms with Gasteiger partial charge in [-0.1, -0.05) is 35.5 Å². The van der Waals surface area contributed by atoms with Gasteiger partial charge in [0.15, 0.2) is 11.5 Å². The molecule has 0 bridgehead atoms. The topological polar surface area (TPSA) is 101 Å². The molecule has 2 heterocycles. The lowest BCUT2D eigenvalue weighted by Gasteiger charge is -2.14. The number of ketones is 1. The van der Waals surface area contributed by atoms with Crippen molar-refractivity contribution in [3.8, 4) is 17.4 Å². The van der Waals surface area contributed by atoms with E-state index in [4.69, 9.17) is 4.52 Å². The Balaban J connectivity index is 1.76. The van der Waals surface area contributed by atoms with Crippen LogP contribution >= 0.6 is 11.8 Å². The van der Waals surface area contributed by atoms with Crippen LogP contribution in [0.3, 0.4) is 0 Å². The molecule has 0 spiro atoms. The minimum absolute atomic E-state index is 0.0815. The maximum absolute atomic E-state index is 12.9. The van der Waals surface area contributed by atoms with Crippen molar-refractivity contribution in [3.63, 3.8) is 0 Å². The molecule has 0 amide bonds. The standard InChI is InChI=1S/C19H12N2O4S2/c20-10-16(27(23,24)12-6-2-1-3-7-12)18(22)17-14-11-26-15-9-5-4-8-13(15)19(14)25-21-17/h1-9,16H,11H2. The van der Waals surface area contributed by atoms with Gasteiger partial charge in [-0.05, 0) is 24.3 Å². The number of Topliss-reactive ketones (excluding diaryl/α,β-unsaturated/α-hetero) is 1. The van der Waals surface area contributed by atoms with Gasteiger partial charge >= 0.3 is 0 Å². The van der Waals surface area contributed by atoms with Gasteiger partial charge in [-0.3, -0.25) is 4.79 Å². The van der Waals surface area contributed by atoms with Crippen molar-refractivity contribution in [2.75, 3.05) is 0 Å². The Hall–Kier alpha value is -2.89. The predicted octanol–water partition coefficient (Wildman–Crippen LogP) is 3.50. The van der Waals surface area contributed by atoms with Crippen LogP contribution in [0.4, 0.5) is 0 Å². The number of nitriles is 1. The molecule has 8 heteroatoms. The third-order valence-corrected chi connectivity index (χ3v) is 7.23. The van der Waals surface area contributed by atoms with Gasteiger partial charge in [-0.15, -0.1) is 11.8 Å². The predicted molar refractivity (Wildman–Crippen MR) is 98.9 cm³/mol. The number of hydrogen-bond acceptors (Lipinski definition) is 7. The largest absolute Gasteiger partial charge is 0.355 e. The number of rotatable bonds is 4. The molecular formula is C19H12N2O4S2. The maximum atomic E-state index is 12.9. The summed E-state index contributed by atoms with van der Waals surface area (Å²) in [6.07, 6.45) is 0. The molecule has 1 unspecified atom stereocenters. The van der Waals surface area contributed by atoms with E-state index in [0.29, 0.717) is 17.1 Å². The van der Waals surface area contributed by atoms with Crippen LogP contribution in [0.2, 0.25) is 0 Å². The lowest BCUT2D eigenvalue weighted by molar-refractivity contribution is 0.0991. The Kier molecular flexibility index (Phi) is 4.34. The lowest BCUT2D eigenvalue weighted by Crippen LogP contribution is -2.30. The highest BCUT2D eigenvalue weighted by atomic mass is 32.2. The van der Waals surface area contributed by atoms with Crippen LogP contribution in [0.5, 0.6) is 0 Å². The van der Waals surface area contributed by atoms with Crippen molar-refractivity contribution >= 4 is 27.4 Å². The van der Waals surface area contributed by atoms with Crippen LogP contribution in [0.15, 0.2) is 68.9 Å². The zero-order chi connectivity index (χ0) is 19.0. The van der Waals surface area contributed by atoms with Crippen molar-refractivity contribution < 1.29 is 17.7 Å². The first-order valence-corrected chi connectivity index (χ1v) is 10.5. The molecular weight excluding hydrogens is 384 g/mol. The van der Waals surface area contributed by atoms with Gasteiger partial charge in [0.05, 0.1) is 11.0 Å². The average Bonchev–Trinajstić information content (AvgIpc) is 3.13. The second-order valence-corrected chi connectivity index (χ2v) is 8.91. The molecule has 0 fully saturated rings. The number of thioether (sulfide) groups is 1. The quantitative estimate of drug-likeness (QED) is 0.622. The fourth-order valence-corrected chi connectivity index (χ4v) is 5.32. The highest BCUT2D eigenvalue weighted by Gasteiger charge is 2.39. The molecule has 0 radical (unpaired) electrons. The fourth-order valence-electron chi connectivity index (χ4n) is 2.92. The summed E-state index contributed by atoms with van der Waals surface area (Å²) in [5.74, 6) is -0.00619. The van der Waals surface area contributed by atoms with E-state index < -0.39 is 20.9 Å². The van der Waals surface area contributed by atoms with Crippen molar-refractivity contribution in [2.45, 2.75) is 20.8 Å². The summed E-state index contributed by atoms with van der Waals surface area (Å²) in [6.45, 7) is 0. The van der Waals surface area contributed by atoms with Crippen molar-refractivity contribution in [2.24, 2.45) is 0 Å². The van der Waals surface area contributed by atoms with E-state index >= 15 is 0 Å². The van der Waals surface area contributed by atoms with Crippen LogP contribution in [0.1, 0.15) is 16.1 Å². The SMILES string of the molecule is N#CC(C(=O)c1noc2c1CSc1ccccc1-2)S(=O)(=O)c1ccccc1. The van der Waals surface area contributed by atoms with Gasteiger partial charge in [0.25, 0.3) is 0 Å². The first-order chi connectivity index (χ1) is 13.0. The number of hydrogen-bond donors (Lipinski definition) is 0. The monoisotopic (exact) mass is 396 g/mol. The zero-order valence-electron chi connectivity index (χ0n) is 13.8. The number of carbonyl (C=O) groups is 1. The van der Waals surface area contributed by atoms with Gasteiger partial charge in [0, 0.05) is 21.8 Å². The summed E-state index contributed by atoms with van der Waals surface area (Å²) in [5.41, 5.74) is 1.22. The Bertz CT molecular complexity index is 1180. The lowest BCUT2D eigenvalue weighted by atomic mass is 10.0. The summed E-state index contributed by atoms with van der Waals surface area (Å²) < 4.78 is 30.9. The molecule has 0 N–H and O–H groups in total. The Morgan fingerprint density at radius 2 is 1.85 bits per heavy atom. The minimum atomic E-state index is -4.16. The molecule has 1 aliphatic heterocycles. The highest BCUT2D eigenvalue weighted by Crippen LogP contribution is 2.43. The summed E-state index contributed by atoms with van der Waals surface area (Å²) >= 11 is 1.51. The molecule has 4 rings (SSSR count). The highest BCUT2D eigenvalue weighted by molar-refractivity contribution is 7.98. The molecule has 3 aromatic rings. The number of sulfone groups is 1. The number of nitrogens with zero attached hydrogens (tertiary/aromatic N) is 2. The molecule has 27 heavy (non-hydrogen) atoms. The van der Waals surface area contributed by atoms with E-state index in [1.165, 1.54) is 36.0 Å². The van der Waals surface area contributed by atoms with E-state index in [2.05, 4.69) is 5.16 Å². The summed E-state index contributed by atoms with van der Waals surface area (Å²) in [6, 6.07) is 16.6. The Morgan fingerprint density at radius 3 is 2.59 bits per heavy atom. The second kappa shape index (κ2) is 6.68. The van der Waals surface area contributed by atoms with Crippen LogP contribution in [-0.4, -0.2) is 24.6 Å². The summed E-state index contributed by atoms with van der Waals surface area (Å²) in [5, 5.41) is 11.4. The summed E-state index contributed by atoms with van der Waals surface area (Å²) in [7, 11) is -4.16. The summed E-state index contributed by atoms with van der Waals surface area (Å²) in [4.78, 5) is 13.8. The number of fused-ring (bicyclic) bond motifs is 3. The number of carbonyl (C=O) groups excluding carboxylic acids is 1.